The second-order valence-electron chi connectivity index (χ2n) is 4.67. The molecule has 2 heterocycles. The van der Waals surface area contributed by atoms with Gasteiger partial charge >= 0.3 is 5.97 Å². The van der Waals surface area contributed by atoms with Gasteiger partial charge in [0.1, 0.15) is 12.7 Å². The van der Waals surface area contributed by atoms with Gasteiger partial charge in [0.25, 0.3) is 0 Å². The van der Waals surface area contributed by atoms with Gasteiger partial charge in [-0.15, -0.1) is 0 Å². The molecular weight excluding hydrogens is 280 g/mol. The van der Waals surface area contributed by atoms with Crippen LogP contribution >= 0.6 is 0 Å². The topological polar surface area (TPSA) is 88.9 Å². The van der Waals surface area contributed by atoms with Crippen molar-refractivity contribution in [3.8, 4) is 22.5 Å². The first-order chi connectivity index (χ1) is 10.7. The average molecular weight is 292 g/mol. The number of benzene rings is 1. The van der Waals surface area contributed by atoms with E-state index in [1.807, 2.05) is 6.92 Å². The van der Waals surface area contributed by atoms with Crippen LogP contribution < -0.4 is 0 Å². The van der Waals surface area contributed by atoms with Crippen LogP contribution in [0.25, 0.3) is 22.5 Å². The average Bonchev–Trinajstić information content (AvgIpc) is 2.56. The Morgan fingerprint density at radius 3 is 2.00 bits per heavy atom. The summed E-state index contributed by atoms with van der Waals surface area (Å²) in [4.78, 5) is 27.9. The minimum Gasteiger partial charge on any atom is -0.478 e. The van der Waals surface area contributed by atoms with Gasteiger partial charge in [0.05, 0.1) is 17.0 Å². The highest BCUT2D eigenvalue weighted by Gasteiger charge is 2.20. The maximum Gasteiger partial charge on any atom is 0.336 e. The predicted octanol–water partition coefficient (Wildman–Crippen LogP) is 2.61. The molecule has 0 atom stereocenters. The molecule has 0 spiro atoms. The van der Waals surface area contributed by atoms with E-state index in [9.17, 15) is 9.90 Å². The molecule has 0 amide bonds. The SMILES string of the molecule is Cc1ccc(C(=O)O)c(-c2ccncn2)c1-c1ccncn1. The monoisotopic (exact) mass is 292 g/mol. The Hall–Kier alpha value is -3.15. The van der Waals surface area contributed by atoms with E-state index in [2.05, 4.69) is 19.9 Å². The van der Waals surface area contributed by atoms with Crippen LogP contribution in [0.1, 0.15) is 15.9 Å². The Labute approximate surface area is 126 Å². The molecule has 6 nitrogen and oxygen atoms in total. The summed E-state index contributed by atoms with van der Waals surface area (Å²) in [6, 6.07) is 6.79. The van der Waals surface area contributed by atoms with Crippen LogP contribution in [0, 0.1) is 6.92 Å². The third kappa shape index (κ3) is 2.42. The van der Waals surface area contributed by atoms with Crippen LogP contribution in [0.5, 0.6) is 0 Å². The number of aryl methyl sites for hydroxylation is 1. The Morgan fingerprint density at radius 2 is 1.50 bits per heavy atom. The first kappa shape index (κ1) is 13.8. The standard InChI is InChI=1S/C16H12N4O2/c1-10-2-3-11(16(21)22)15(13-5-7-18-9-20-13)14(10)12-4-6-17-8-19-12/h2-9H,1H3,(H,21,22). The summed E-state index contributed by atoms with van der Waals surface area (Å²) in [6.07, 6.45) is 6.04. The van der Waals surface area contributed by atoms with Crippen molar-refractivity contribution < 1.29 is 9.90 Å². The molecule has 22 heavy (non-hydrogen) atoms. The van der Waals surface area contributed by atoms with Gasteiger partial charge in [-0.05, 0) is 30.7 Å². The molecule has 0 aliphatic heterocycles. The van der Waals surface area contributed by atoms with Crippen molar-refractivity contribution in [1.82, 2.24) is 19.9 Å². The van der Waals surface area contributed by atoms with Crippen LogP contribution in [-0.2, 0) is 0 Å². The number of carboxylic acids is 1. The number of carbonyl (C=O) groups is 1. The quantitative estimate of drug-likeness (QED) is 0.798. The number of hydrogen-bond donors (Lipinski definition) is 1. The number of aromatic nitrogens is 4. The maximum absolute atomic E-state index is 11.6. The van der Waals surface area contributed by atoms with E-state index < -0.39 is 5.97 Å². The Balaban J connectivity index is 2.38. The van der Waals surface area contributed by atoms with E-state index in [1.54, 1.807) is 36.7 Å². The second kappa shape index (κ2) is 5.69. The third-order valence-corrected chi connectivity index (χ3v) is 3.32. The zero-order chi connectivity index (χ0) is 15.5. The Bertz CT molecular complexity index is 820. The highest BCUT2D eigenvalue weighted by molar-refractivity contribution is 6.01. The zero-order valence-electron chi connectivity index (χ0n) is 11.8. The molecule has 1 N–H and O–H groups in total. The first-order valence-electron chi connectivity index (χ1n) is 6.58. The number of aromatic carboxylic acids is 1. The summed E-state index contributed by atoms with van der Waals surface area (Å²) >= 11 is 0. The van der Waals surface area contributed by atoms with E-state index in [0.717, 1.165) is 11.1 Å². The zero-order valence-corrected chi connectivity index (χ0v) is 11.8. The fourth-order valence-corrected chi connectivity index (χ4v) is 2.36. The van der Waals surface area contributed by atoms with Gasteiger partial charge in [-0.1, -0.05) is 6.07 Å². The van der Waals surface area contributed by atoms with E-state index in [0.29, 0.717) is 17.0 Å². The predicted molar refractivity (Wildman–Crippen MR) is 80.2 cm³/mol. The van der Waals surface area contributed by atoms with E-state index in [-0.39, 0.29) is 5.56 Å². The summed E-state index contributed by atoms with van der Waals surface area (Å²) < 4.78 is 0. The lowest BCUT2D eigenvalue weighted by Gasteiger charge is -2.14. The molecule has 3 rings (SSSR count). The van der Waals surface area contributed by atoms with Crippen LogP contribution in [0.3, 0.4) is 0 Å². The number of hydrogen-bond acceptors (Lipinski definition) is 5. The van der Waals surface area contributed by atoms with E-state index in [1.165, 1.54) is 12.7 Å². The number of carboxylic acid groups (broad SMARTS) is 1. The molecule has 0 fully saturated rings. The fraction of sp³-hybridized carbons (Fsp3) is 0.0625. The van der Waals surface area contributed by atoms with Gasteiger partial charge in [0, 0.05) is 23.5 Å². The van der Waals surface area contributed by atoms with E-state index in [4.69, 9.17) is 0 Å². The Kier molecular flexibility index (Phi) is 3.57. The molecule has 0 aliphatic rings. The fourth-order valence-electron chi connectivity index (χ4n) is 2.36. The normalized spacial score (nSPS) is 10.4. The molecule has 1 aromatic carbocycles. The van der Waals surface area contributed by atoms with Crippen molar-refractivity contribution in [3.63, 3.8) is 0 Å². The van der Waals surface area contributed by atoms with Crippen molar-refractivity contribution in [2.45, 2.75) is 6.92 Å². The summed E-state index contributed by atoms with van der Waals surface area (Å²) in [7, 11) is 0. The number of nitrogens with zero attached hydrogens (tertiary/aromatic N) is 4. The lowest BCUT2D eigenvalue weighted by Crippen LogP contribution is -2.04. The van der Waals surface area contributed by atoms with Gasteiger partial charge in [-0.25, -0.2) is 24.7 Å². The smallest absolute Gasteiger partial charge is 0.336 e. The van der Waals surface area contributed by atoms with Crippen molar-refractivity contribution in [1.29, 1.82) is 0 Å². The lowest BCUT2D eigenvalue weighted by atomic mass is 9.92. The minimum absolute atomic E-state index is 0.179. The highest BCUT2D eigenvalue weighted by Crippen LogP contribution is 2.35. The first-order valence-corrected chi connectivity index (χ1v) is 6.58. The summed E-state index contributed by atoms with van der Waals surface area (Å²) in [5.41, 5.74) is 3.57. The number of rotatable bonds is 3. The second-order valence-corrected chi connectivity index (χ2v) is 4.67. The van der Waals surface area contributed by atoms with Crippen LogP contribution in [0.15, 0.2) is 49.3 Å². The molecule has 0 saturated carbocycles. The molecule has 0 unspecified atom stereocenters. The van der Waals surface area contributed by atoms with Gasteiger partial charge in [0.15, 0.2) is 0 Å². The van der Waals surface area contributed by atoms with Crippen LogP contribution in [-0.4, -0.2) is 31.0 Å². The molecule has 0 saturated heterocycles. The molecule has 0 bridgehead atoms. The maximum atomic E-state index is 11.6. The van der Waals surface area contributed by atoms with Crippen molar-refractivity contribution in [3.05, 3.63) is 60.4 Å². The van der Waals surface area contributed by atoms with Crippen molar-refractivity contribution in [2.75, 3.05) is 0 Å². The van der Waals surface area contributed by atoms with Gasteiger partial charge in [-0.3, -0.25) is 0 Å². The summed E-state index contributed by atoms with van der Waals surface area (Å²) in [5, 5.41) is 9.51. The minimum atomic E-state index is -1.01. The molecule has 0 aliphatic carbocycles. The van der Waals surface area contributed by atoms with Gasteiger partial charge in [0.2, 0.25) is 0 Å². The Morgan fingerprint density at radius 1 is 0.909 bits per heavy atom. The van der Waals surface area contributed by atoms with Gasteiger partial charge < -0.3 is 5.11 Å². The van der Waals surface area contributed by atoms with Crippen LogP contribution in [0.2, 0.25) is 0 Å². The molecular formula is C16H12N4O2. The molecule has 3 aromatic rings. The molecule has 6 heteroatoms. The molecule has 108 valence electrons. The summed E-state index contributed by atoms with van der Waals surface area (Å²) in [5.74, 6) is -1.01. The highest BCUT2D eigenvalue weighted by atomic mass is 16.4. The third-order valence-electron chi connectivity index (χ3n) is 3.32. The van der Waals surface area contributed by atoms with Crippen molar-refractivity contribution >= 4 is 5.97 Å². The summed E-state index contributed by atoms with van der Waals surface area (Å²) in [6.45, 7) is 1.91. The van der Waals surface area contributed by atoms with Crippen LogP contribution in [0.4, 0.5) is 0 Å². The van der Waals surface area contributed by atoms with Crippen molar-refractivity contribution in [2.24, 2.45) is 0 Å². The van der Waals surface area contributed by atoms with E-state index >= 15 is 0 Å². The largest absolute Gasteiger partial charge is 0.478 e. The molecule has 0 radical (unpaired) electrons. The van der Waals surface area contributed by atoms with Gasteiger partial charge in [-0.2, -0.15) is 0 Å². The lowest BCUT2D eigenvalue weighted by molar-refractivity contribution is 0.0697. The molecule has 2 aromatic heterocycles.